The second-order valence-corrected chi connectivity index (χ2v) is 5.16. The van der Waals surface area contributed by atoms with Crippen molar-refractivity contribution in [2.24, 2.45) is 0 Å². The number of benzene rings is 2. The van der Waals surface area contributed by atoms with Crippen molar-refractivity contribution in [2.45, 2.75) is 13.8 Å². The number of nitrogens with one attached hydrogen (secondary N) is 2. The van der Waals surface area contributed by atoms with Gasteiger partial charge < -0.3 is 10.3 Å². The van der Waals surface area contributed by atoms with Gasteiger partial charge in [-0.1, -0.05) is 17.7 Å². The van der Waals surface area contributed by atoms with E-state index in [0.29, 0.717) is 10.9 Å². The summed E-state index contributed by atoms with van der Waals surface area (Å²) in [6, 6.07) is 10.2. The molecule has 106 valence electrons. The minimum atomic E-state index is -0.359. The van der Waals surface area contributed by atoms with E-state index >= 15 is 0 Å². The molecule has 0 atom stereocenters. The van der Waals surface area contributed by atoms with Crippen molar-refractivity contribution in [1.82, 2.24) is 4.98 Å². The Morgan fingerprint density at radius 1 is 1.14 bits per heavy atom. The van der Waals surface area contributed by atoms with Crippen LogP contribution >= 0.6 is 0 Å². The molecule has 0 unspecified atom stereocenters. The van der Waals surface area contributed by atoms with Crippen molar-refractivity contribution >= 4 is 22.5 Å². The first-order chi connectivity index (χ1) is 10.0. The second-order valence-electron chi connectivity index (χ2n) is 5.16. The van der Waals surface area contributed by atoms with E-state index in [4.69, 9.17) is 0 Å². The molecule has 4 heteroatoms. The zero-order valence-corrected chi connectivity index (χ0v) is 11.8. The monoisotopic (exact) mass is 282 g/mol. The highest BCUT2D eigenvalue weighted by atomic mass is 19.1. The lowest BCUT2D eigenvalue weighted by atomic mass is 10.1. The molecule has 3 aromatic rings. The summed E-state index contributed by atoms with van der Waals surface area (Å²) in [6.45, 7) is 3.94. The molecule has 0 radical (unpaired) electrons. The quantitative estimate of drug-likeness (QED) is 0.727. The maximum absolute atomic E-state index is 13.3. The molecule has 2 N–H and O–H groups in total. The molecule has 1 heterocycles. The van der Waals surface area contributed by atoms with Gasteiger partial charge in [0.05, 0.1) is 5.56 Å². The summed E-state index contributed by atoms with van der Waals surface area (Å²) in [5.41, 5.74) is 4.07. The molecule has 2 aromatic carbocycles. The van der Waals surface area contributed by atoms with E-state index in [1.54, 1.807) is 12.3 Å². The summed E-state index contributed by atoms with van der Waals surface area (Å²) in [7, 11) is 0. The van der Waals surface area contributed by atoms with Gasteiger partial charge in [-0.25, -0.2) is 4.39 Å². The van der Waals surface area contributed by atoms with E-state index < -0.39 is 0 Å². The van der Waals surface area contributed by atoms with E-state index in [-0.39, 0.29) is 11.7 Å². The Morgan fingerprint density at radius 2 is 1.95 bits per heavy atom. The third kappa shape index (κ3) is 2.52. The summed E-state index contributed by atoms with van der Waals surface area (Å²) in [5.74, 6) is -0.610. The zero-order chi connectivity index (χ0) is 15.0. The van der Waals surface area contributed by atoms with E-state index in [1.807, 2.05) is 32.0 Å². The molecular weight excluding hydrogens is 267 g/mol. The highest BCUT2D eigenvalue weighted by molar-refractivity contribution is 6.13. The number of aromatic amines is 1. The first-order valence-corrected chi connectivity index (χ1v) is 6.70. The average molecular weight is 282 g/mol. The minimum Gasteiger partial charge on any atom is -0.360 e. The van der Waals surface area contributed by atoms with E-state index in [0.717, 1.165) is 22.3 Å². The Hall–Kier alpha value is -2.62. The van der Waals surface area contributed by atoms with Gasteiger partial charge in [0.1, 0.15) is 5.82 Å². The number of hydrogen-bond donors (Lipinski definition) is 2. The molecular formula is C17H15FN2O. The summed E-state index contributed by atoms with van der Waals surface area (Å²) in [5, 5.41) is 3.45. The number of hydrogen-bond acceptors (Lipinski definition) is 1. The molecule has 3 nitrogen and oxygen atoms in total. The van der Waals surface area contributed by atoms with Gasteiger partial charge in [-0.2, -0.15) is 0 Å². The summed E-state index contributed by atoms with van der Waals surface area (Å²) >= 11 is 0. The number of amides is 1. The molecule has 0 aliphatic carbocycles. The van der Waals surface area contributed by atoms with Crippen molar-refractivity contribution < 1.29 is 9.18 Å². The molecule has 0 bridgehead atoms. The number of H-pyrrole nitrogens is 1. The number of carbonyl (C=O) groups is 1. The molecule has 0 fully saturated rings. The summed E-state index contributed by atoms with van der Waals surface area (Å²) < 4.78 is 13.3. The molecule has 3 rings (SSSR count). The van der Waals surface area contributed by atoms with Gasteiger partial charge in [-0.3, -0.25) is 4.79 Å². The van der Waals surface area contributed by atoms with E-state index in [2.05, 4.69) is 10.3 Å². The summed E-state index contributed by atoms with van der Waals surface area (Å²) in [4.78, 5) is 15.4. The van der Waals surface area contributed by atoms with E-state index in [9.17, 15) is 9.18 Å². The van der Waals surface area contributed by atoms with Crippen molar-refractivity contribution in [1.29, 1.82) is 0 Å². The molecule has 1 amide bonds. The Labute approximate surface area is 121 Å². The van der Waals surface area contributed by atoms with Gasteiger partial charge in [-0.05, 0) is 43.7 Å². The van der Waals surface area contributed by atoms with Gasteiger partial charge in [0.2, 0.25) is 0 Å². The number of fused-ring (bicyclic) bond motifs is 1. The predicted molar refractivity (Wildman–Crippen MR) is 82.1 cm³/mol. The average Bonchev–Trinajstić information content (AvgIpc) is 2.85. The van der Waals surface area contributed by atoms with Gasteiger partial charge in [-0.15, -0.1) is 0 Å². The van der Waals surface area contributed by atoms with Crippen molar-refractivity contribution in [3.05, 3.63) is 65.1 Å². The SMILES string of the molecule is Cc1ccc(NC(=O)c2c[nH]c3ccc(F)cc23)c(C)c1. The highest BCUT2D eigenvalue weighted by Gasteiger charge is 2.13. The van der Waals surface area contributed by atoms with Crippen LogP contribution in [0.25, 0.3) is 10.9 Å². The smallest absolute Gasteiger partial charge is 0.257 e. The number of anilines is 1. The van der Waals surface area contributed by atoms with Crippen LogP contribution in [0.4, 0.5) is 10.1 Å². The van der Waals surface area contributed by atoms with Crippen LogP contribution in [0, 0.1) is 19.7 Å². The van der Waals surface area contributed by atoms with E-state index in [1.165, 1.54) is 12.1 Å². The lowest BCUT2D eigenvalue weighted by Gasteiger charge is -2.08. The van der Waals surface area contributed by atoms with Crippen LogP contribution in [-0.4, -0.2) is 10.9 Å². The van der Waals surface area contributed by atoms with Crippen molar-refractivity contribution in [3.8, 4) is 0 Å². The van der Waals surface area contributed by atoms with Gasteiger partial charge in [0.25, 0.3) is 5.91 Å². The van der Waals surface area contributed by atoms with Crippen LogP contribution in [-0.2, 0) is 0 Å². The first-order valence-electron chi connectivity index (χ1n) is 6.70. The number of carbonyl (C=O) groups excluding carboxylic acids is 1. The van der Waals surface area contributed by atoms with Crippen LogP contribution in [0.3, 0.4) is 0 Å². The minimum absolute atomic E-state index is 0.251. The standard InChI is InChI=1S/C17H15FN2O/c1-10-3-5-15(11(2)7-10)20-17(21)14-9-19-16-6-4-12(18)8-13(14)16/h3-9,19H,1-2H3,(H,20,21). The lowest BCUT2D eigenvalue weighted by molar-refractivity contribution is 0.102. The van der Waals surface area contributed by atoms with Crippen LogP contribution in [0.15, 0.2) is 42.6 Å². The van der Waals surface area contributed by atoms with Crippen molar-refractivity contribution in [3.63, 3.8) is 0 Å². The third-order valence-electron chi connectivity index (χ3n) is 3.52. The molecule has 0 aliphatic heterocycles. The summed E-state index contributed by atoms with van der Waals surface area (Å²) in [6.07, 6.45) is 1.60. The third-order valence-corrected chi connectivity index (χ3v) is 3.52. The fourth-order valence-corrected chi connectivity index (χ4v) is 2.42. The molecule has 0 spiro atoms. The predicted octanol–water partition coefficient (Wildman–Crippen LogP) is 4.18. The topological polar surface area (TPSA) is 44.9 Å². The maximum Gasteiger partial charge on any atom is 0.257 e. The Balaban J connectivity index is 1.95. The van der Waals surface area contributed by atoms with Gasteiger partial charge in [0.15, 0.2) is 0 Å². The van der Waals surface area contributed by atoms with Crippen molar-refractivity contribution in [2.75, 3.05) is 5.32 Å². The Morgan fingerprint density at radius 3 is 2.71 bits per heavy atom. The fourth-order valence-electron chi connectivity index (χ4n) is 2.42. The Bertz CT molecular complexity index is 836. The number of halogens is 1. The van der Waals surface area contributed by atoms with Crippen LogP contribution in [0.5, 0.6) is 0 Å². The van der Waals surface area contributed by atoms with Crippen LogP contribution in [0.1, 0.15) is 21.5 Å². The Kier molecular flexibility index (Phi) is 3.22. The zero-order valence-electron chi connectivity index (χ0n) is 11.8. The molecule has 1 aromatic heterocycles. The number of rotatable bonds is 2. The number of aromatic nitrogens is 1. The fraction of sp³-hybridized carbons (Fsp3) is 0.118. The number of aryl methyl sites for hydroxylation is 2. The molecule has 0 aliphatic rings. The van der Waals surface area contributed by atoms with Gasteiger partial charge in [0, 0.05) is 22.8 Å². The largest absolute Gasteiger partial charge is 0.360 e. The highest BCUT2D eigenvalue weighted by Crippen LogP contribution is 2.22. The lowest BCUT2D eigenvalue weighted by Crippen LogP contribution is -2.12. The normalized spacial score (nSPS) is 10.8. The second kappa shape index (κ2) is 5.05. The first kappa shape index (κ1) is 13.4. The molecule has 0 saturated heterocycles. The molecule has 0 saturated carbocycles. The van der Waals surface area contributed by atoms with Gasteiger partial charge >= 0.3 is 0 Å². The maximum atomic E-state index is 13.3. The van der Waals surface area contributed by atoms with Crippen LogP contribution in [0.2, 0.25) is 0 Å². The van der Waals surface area contributed by atoms with Crippen LogP contribution < -0.4 is 5.32 Å². The molecule has 21 heavy (non-hydrogen) atoms.